The van der Waals surface area contributed by atoms with Gasteiger partial charge in [-0.2, -0.15) is 5.06 Å². The molecule has 0 amide bonds. The fourth-order valence-electron chi connectivity index (χ4n) is 2.52. The summed E-state index contributed by atoms with van der Waals surface area (Å²) in [7, 11) is 0. The molecule has 1 unspecified atom stereocenters. The van der Waals surface area contributed by atoms with E-state index in [2.05, 4.69) is 46.6 Å². The summed E-state index contributed by atoms with van der Waals surface area (Å²) in [6.07, 6.45) is 5.16. The first kappa shape index (κ1) is 13.0. The number of hydroxylamine groups is 2. The van der Waals surface area contributed by atoms with E-state index in [0.717, 1.165) is 6.42 Å². The molecule has 2 nitrogen and oxygen atoms in total. The van der Waals surface area contributed by atoms with Crippen LogP contribution in [0.25, 0.3) is 0 Å². The van der Waals surface area contributed by atoms with Gasteiger partial charge in [-0.25, -0.2) is 0 Å². The zero-order valence-corrected chi connectivity index (χ0v) is 11.3. The van der Waals surface area contributed by atoms with Gasteiger partial charge < -0.3 is 0 Å². The van der Waals surface area contributed by atoms with E-state index in [1.807, 2.05) is 0 Å². The lowest BCUT2D eigenvalue weighted by molar-refractivity contribution is -0.301. The van der Waals surface area contributed by atoms with Gasteiger partial charge in [0.05, 0.1) is 6.10 Å². The Morgan fingerprint density at radius 1 is 1.13 bits per heavy atom. The van der Waals surface area contributed by atoms with E-state index < -0.39 is 0 Å². The van der Waals surface area contributed by atoms with Crippen LogP contribution in [-0.4, -0.2) is 22.2 Å². The van der Waals surface area contributed by atoms with Crippen molar-refractivity contribution < 1.29 is 4.84 Å². The lowest BCUT2D eigenvalue weighted by atomic mass is 9.82. The monoisotopic (exact) mass is 213 g/mol. The Morgan fingerprint density at radius 3 is 2.00 bits per heavy atom. The molecule has 0 aromatic heterocycles. The van der Waals surface area contributed by atoms with Crippen molar-refractivity contribution >= 4 is 0 Å². The molecule has 90 valence electrons. The molecule has 1 heterocycles. The fourth-order valence-corrected chi connectivity index (χ4v) is 2.52. The first-order valence-corrected chi connectivity index (χ1v) is 6.27. The van der Waals surface area contributed by atoms with E-state index in [4.69, 9.17) is 4.84 Å². The Kier molecular flexibility index (Phi) is 3.83. The Morgan fingerprint density at radius 2 is 1.60 bits per heavy atom. The van der Waals surface area contributed by atoms with Crippen molar-refractivity contribution in [3.8, 4) is 0 Å². The molecule has 0 spiro atoms. The summed E-state index contributed by atoms with van der Waals surface area (Å²) in [5, 5.41) is 2.25. The predicted molar refractivity (Wildman–Crippen MR) is 64.7 cm³/mol. The Labute approximate surface area is 94.9 Å². The number of hydrogen-bond acceptors (Lipinski definition) is 2. The fraction of sp³-hybridized carbons (Fsp3) is 1.00. The second kappa shape index (κ2) is 4.42. The van der Waals surface area contributed by atoms with E-state index in [-0.39, 0.29) is 11.1 Å². The van der Waals surface area contributed by atoms with Crippen molar-refractivity contribution in [1.29, 1.82) is 0 Å². The van der Waals surface area contributed by atoms with E-state index in [1.165, 1.54) is 19.3 Å². The molecular weight excluding hydrogens is 186 g/mol. The molecule has 0 aromatic rings. The normalized spacial score (nSPS) is 27.6. The van der Waals surface area contributed by atoms with Gasteiger partial charge in [0.15, 0.2) is 0 Å². The van der Waals surface area contributed by atoms with Crippen molar-refractivity contribution in [2.45, 2.75) is 84.4 Å². The van der Waals surface area contributed by atoms with Gasteiger partial charge in [0, 0.05) is 11.1 Å². The summed E-state index contributed by atoms with van der Waals surface area (Å²) in [6, 6.07) is 0. The third-order valence-corrected chi connectivity index (χ3v) is 3.54. The summed E-state index contributed by atoms with van der Waals surface area (Å²) >= 11 is 0. The molecule has 0 N–H and O–H groups in total. The Hall–Kier alpha value is -0.0800. The third kappa shape index (κ3) is 2.94. The minimum Gasteiger partial charge on any atom is -0.295 e. The summed E-state index contributed by atoms with van der Waals surface area (Å²) in [5.74, 6) is 0. The van der Waals surface area contributed by atoms with Crippen molar-refractivity contribution in [3.63, 3.8) is 0 Å². The van der Waals surface area contributed by atoms with E-state index in [9.17, 15) is 0 Å². The highest BCUT2D eigenvalue weighted by Gasteiger charge is 2.42. The molecule has 0 aliphatic carbocycles. The summed E-state index contributed by atoms with van der Waals surface area (Å²) in [5.41, 5.74) is 0.344. The van der Waals surface area contributed by atoms with Gasteiger partial charge in [0.2, 0.25) is 0 Å². The highest BCUT2D eigenvalue weighted by atomic mass is 16.7. The van der Waals surface area contributed by atoms with Gasteiger partial charge in [-0.15, -0.1) is 0 Å². The van der Waals surface area contributed by atoms with Crippen molar-refractivity contribution in [2.75, 3.05) is 0 Å². The molecule has 15 heavy (non-hydrogen) atoms. The molecule has 0 aromatic carbocycles. The molecule has 1 atom stereocenters. The highest BCUT2D eigenvalue weighted by Crippen LogP contribution is 2.38. The van der Waals surface area contributed by atoms with Crippen LogP contribution in [0.15, 0.2) is 0 Å². The Balaban J connectivity index is 2.77. The second-order valence-corrected chi connectivity index (χ2v) is 6.10. The molecule has 0 saturated carbocycles. The standard InChI is InChI=1S/C13H27NO/c1-7-11(2)15-14-12(3,4)9-8-10-13(14,5)6/h11H,7-10H2,1-6H3. The number of rotatable bonds is 3. The Bertz CT molecular complexity index is 195. The molecule has 1 aliphatic heterocycles. The first-order chi connectivity index (χ1) is 6.79. The summed E-state index contributed by atoms with van der Waals surface area (Å²) < 4.78 is 0. The topological polar surface area (TPSA) is 12.5 Å². The molecule has 1 rings (SSSR count). The molecule has 0 bridgehead atoms. The van der Waals surface area contributed by atoms with Gasteiger partial charge in [0.25, 0.3) is 0 Å². The van der Waals surface area contributed by atoms with Gasteiger partial charge in [-0.05, 0) is 60.3 Å². The number of piperidine rings is 1. The maximum atomic E-state index is 6.10. The number of hydrogen-bond donors (Lipinski definition) is 0. The smallest absolute Gasteiger partial charge is 0.0763 e. The quantitative estimate of drug-likeness (QED) is 0.708. The van der Waals surface area contributed by atoms with Crippen LogP contribution in [0.3, 0.4) is 0 Å². The lowest BCUT2D eigenvalue weighted by Crippen LogP contribution is -2.59. The summed E-state index contributed by atoms with van der Waals surface area (Å²) in [6.45, 7) is 13.5. The van der Waals surface area contributed by atoms with Gasteiger partial charge >= 0.3 is 0 Å². The molecular formula is C13H27NO. The highest BCUT2D eigenvalue weighted by molar-refractivity contribution is 4.92. The van der Waals surface area contributed by atoms with Crippen LogP contribution >= 0.6 is 0 Å². The molecule has 0 radical (unpaired) electrons. The molecule has 1 saturated heterocycles. The van der Waals surface area contributed by atoms with Crippen LogP contribution in [0.2, 0.25) is 0 Å². The van der Waals surface area contributed by atoms with Crippen molar-refractivity contribution in [2.24, 2.45) is 0 Å². The van der Waals surface area contributed by atoms with Crippen LogP contribution in [0, 0.1) is 0 Å². The molecule has 2 heteroatoms. The third-order valence-electron chi connectivity index (χ3n) is 3.54. The zero-order valence-electron chi connectivity index (χ0n) is 11.3. The van der Waals surface area contributed by atoms with E-state index >= 15 is 0 Å². The second-order valence-electron chi connectivity index (χ2n) is 6.10. The van der Waals surface area contributed by atoms with Crippen LogP contribution in [0.1, 0.15) is 67.2 Å². The van der Waals surface area contributed by atoms with Crippen molar-refractivity contribution in [3.05, 3.63) is 0 Å². The lowest BCUT2D eigenvalue weighted by Gasteiger charge is -2.52. The zero-order chi connectivity index (χ0) is 11.7. The average Bonchev–Trinajstić information content (AvgIpc) is 2.10. The average molecular weight is 213 g/mol. The minimum atomic E-state index is 0.172. The van der Waals surface area contributed by atoms with Gasteiger partial charge in [-0.1, -0.05) is 6.92 Å². The van der Waals surface area contributed by atoms with E-state index in [1.54, 1.807) is 0 Å². The predicted octanol–water partition coefficient (Wildman–Crippen LogP) is 3.76. The largest absolute Gasteiger partial charge is 0.295 e. The maximum Gasteiger partial charge on any atom is 0.0763 e. The van der Waals surface area contributed by atoms with Crippen molar-refractivity contribution in [1.82, 2.24) is 5.06 Å². The van der Waals surface area contributed by atoms with E-state index in [0.29, 0.717) is 6.10 Å². The van der Waals surface area contributed by atoms with Crippen LogP contribution in [0.5, 0.6) is 0 Å². The summed E-state index contributed by atoms with van der Waals surface area (Å²) in [4.78, 5) is 6.10. The van der Waals surface area contributed by atoms with Crippen LogP contribution in [-0.2, 0) is 4.84 Å². The maximum absolute atomic E-state index is 6.10. The van der Waals surface area contributed by atoms with Crippen LogP contribution < -0.4 is 0 Å². The molecule has 1 fully saturated rings. The SMILES string of the molecule is CCC(C)ON1C(C)(C)CCCC1(C)C. The first-order valence-electron chi connectivity index (χ1n) is 6.27. The van der Waals surface area contributed by atoms with Gasteiger partial charge in [-0.3, -0.25) is 4.84 Å². The van der Waals surface area contributed by atoms with Crippen LogP contribution in [0.4, 0.5) is 0 Å². The number of nitrogens with zero attached hydrogens (tertiary/aromatic N) is 1. The minimum absolute atomic E-state index is 0.172. The van der Waals surface area contributed by atoms with Gasteiger partial charge in [0.1, 0.15) is 0 Å². The molecule has 1 aliphatic rings.